The Balaban J connectivity index is 1.42. The molecule has 2 N–H and O–H groups in total. The highest BCUT2D eigenvalue weighted by molar-refractivity contribution is 6.30. The van der Waals surface area contributed by atoms with Crippen LogP contribution in [0.3, 0.4) is 0 Å². The number of hydrogen-bond acceptors (Lipinski definition) is 3. The summed E-state index contributed by atoms with van der Waals surface area (Å²) in [6.07, 6.45) is 0.499. The number of piperidine rings is 1. The molecule has 0 bridgehead atoms. The van der Waals surface area contributed by atoms with E-state index in [0.29, 0.717) is 42.1 Å². The van der Waals surface area contributed by atoms with Crippen LogP contribution in [0.1, 0.15) is 55.8 Å². The van der Waals surface area contributed by atoms with Gasteiger partial charge in [0.25, 0.3) is 0 Å². The number of aliphatic hydroxyl groups is 1. The van der Waals surface area contributed by atoms with Gasteiger partial charge in [-0.1, -0.05) is 36.7 Å². The molecule has 2 amide bonds. The normalized spacial score (nSPS) is 16.5. The number of amides is 2. The van der Waals surface area contributed by atoms with Gasteiger partial charge in [0.1, 0.15) is 0 Å². The van der Waals surface area contributed by atoms with Gasteiger partial charge in [0.2, 0.25) is 11.8 Å². The van der Waals surface area contributed by atoms with Crippen molar-refractivity contribution < 1.29 is 23.5 Å². The molecule has 1 aliphatic heterocycles. The Morgan fingerprint density at radius 3 is 2.31 bits per heavy atom. The summed E-state index contributed by atoms with van der Waals surface area (Å²) in [4.78, 5) is 26.6. The first-order chi connectivity index (χ1) is 15.2. The van der Waals surface area contributed by atoms with E-state index in [1.54, 1.807) is 36.1 Å². The molecule has 2 aromatic rings. The average molecular weight is 465 g/mol. The van der Waals surface area contributed by atoms with Crippen LogP contribution in [-0.4, -0.2) is 41.0 Å². The van der Waals surface area contributed by atoms with Crippen LogP contribution in [0.25, 0.3) is 0 Å². The van der Waals surface area contributed by atoms with E-state index in [2.05, 4.69) is 5.32 Å². The van der Waals surface area contributed by atoms with Crippen molar-refractivity contribution in [3.05, 3.63) is 70.2 Å². The van der Waals surface area contributed by atoms with Crippen molar-refractivity contribution in [3.63, 3.8) is 0 Å². The molecule has 32 heavy (non-hydrogen) atoms. The molecule has 5 nitrogen and oxygen atoms in total. The second kappa shape index (κ2) is 10.9. The number of nitrogens with one attached hydrogen (secondary N) is 1. The van der Waals surface area contributed by atoms with E-state index in [9.17, 15) is 23.5 Å². The van der Waals surface area contributed by atoms with E-state index in [1.165, 1.54) is 6.07 Å². The minimum absolute atomic E-state index is 0.00952. The number of likely N-dealkylation sites (tertiary alicyclic amines) is 1. The molecular weight excluding hydrogens is 438 g/mol. The fourth-order valence-corrected chi connectivity index (χ4v) is 4.00. The summed E-state index contributed by atoms with van der Waals surface area (Å²) in [5, 5.41) is 13.8. The van der Waals surface area contributed by atoms with Crippen LogP contribution >= 0.6 is 11.6 Å². The summed E-state index contributed by atoms with van der Waals surface area (Å²) in [6, 6.07) is 10.4. The van der Waals surface area contributed by atoms with Crippen molar-refractivity contribution in [1.82, 2.24) is 10.2 Å². The lowest BCUT2D eigenvalue weighted by Gasteiger charge is -2.33. The number of hydrogen-bond donors (Lipinski definition) is 2. The highest BCUT2D eigenvalue weighted by atomic mass is 35.5. The van der Waals surface area contributed by atoms with Crippen molar-refractivity contribution in [3.8, 4) is 0 Å². The van der Waals surface area contributed by atoms with Gasteiger partial charge in [0, 0.05) is 30.6 Å². The first-order valence-electron chi connectivity index (χ1n) is 10.7. The number of carbonyl (C=O) groups excluding carboxylic acids is 2. The highest BCUT2D eigenvalue weighted by Crippen LogP contribution is 2.23. The maximum absolute atomic E-state index is 13.4. The fraction of sp³-hybridized carbons (Fsp3) is 0.417. The van der Waals surface area contributed by atoms with Crippen molar-refractivity contribution in [2.75, 3.05) is 13.1 Å². The number of benzene rings is 2. The number of halogens is 3. The molecule has 0 spiro atoms. The fourth-order valence-electron chi connectivity index (χ4n) is 3.87. The number of nitrogens with zero attached hydrogens (tertiary/aromatic N) is 1. The largest absolute Gasteiger partial charge is 0.388 e. The molecule has 0 saturated carbocycles. The van der Waals surface area contributed by atoms with Crippen LogP contribution in [0, 0.1) is 11.6 Å². The molecule has 1 aliphatic rings. The van der Waals surface area contributed by atoms with Gasteiger partial charge in [0.05, 0.1) is 12.5 Å². The van der Waals surface area contributed by atoms with Crippen molar-refractivity contribution >= 4 is 23.4 Å². The zero-order valence-corrected chi connectivity index (χ0v) is 18.6. The molecule has 2 unspecified atom stereocenters. The minimum atomic E-state index is -0.923. The topological polar surface area (TPSA) is 69.6 Å². The summed E-state index contributed by atoms with van der Waals surface area (Å²) in [5.74, 6) is -2.38. The second-order valence-electron chi connectivity index (χ2n) is 8.27. The number of aliphatic hydroxyl groups excluding tert-OH is 1. The van der Waals surface area contributed by atoms with Gasteiger partial charge in [-0.25, -0.2) is 8.78 Å². The van der Waals surface area contributed by atoms with Gasteiger partial charge in [-0.3, -0.25) is 9.59 Å². The molecule has 1 saturated heterocycles. The first kappa shape index (κ1) is 24.1. The third kappa shape index (κ3) is 6.50. The van der Waals surface area contributed by atoms with Crippen LogP contribution in [0.15, 0.2) is 42.5 Å². The molecule has 0 aromatic heterocycles. The Labute approximate surface area is 191 Å². The average Bonchev–Trinajstić information content (AvgIpc) is 2.76. The zero-order chi connectivity index (χ0) is 23.3. The highest BCUT2D eigenvalue weighted by Gasteiger charge is 2.26. The Bertz CT molecular complexity index is 947. The van der Waals surface area contributed by atoms with Crippen LogP contribution in [0.5, 0.6) is 0 Å². The minimum Gasteiger partial charge on any atom is -0.388 e. The van der Waals surface area contributed by atoms with Gasteiger partial charge >= 0.3 is 0 Å². The summed E-state index contributed by atoms with van der Waals surface area (Å²) in [5.41, 5.74) is 1.21. The third-order valence-electron chi connectivity index (χ3n) is 5.84. The molecule has 1 fully saturated rings. The van der Waals surface area contributed by atoms with E-state index in [4.69, 9.17) is 11.6 Å². The maximum atomic E-state index is 13.4. The molecular formula is C24H27ClF2N2O3. The van der Waals surface area contributed by atoms with E-state index in [0.717, 1.165) is 12.1 Å². The van der Waals surface area contributed by atoms with Gasteiger partial charge in [-0.15, -0.1) is 0 Å². The van der Waals surface area contributed by atoms with E-state index in [1.807, 2.05) is 0 Å². The summed E-state index contributed by atoms with van der Waals surface area (Å²) >= 11 is 5.85. The Morgan fingerprint density at radius 2 is 1.69 bits per heavy atom. The predicted octanol–water partition coefficient (Wildman–Crippen LogP) is 4.34. The zero-order valence-electron chi connectivity index (χ0n) is 17.9. The van der Waals surface area contributed by atoms with E-state index in [-0.39, 0.29) is 36.6 Å². The Kier molecular flexibility index (Phi) is 8.21. The monoisotopic (exact) mass is 464 g/mol. The third-order valence-corrected chi connectivity index (χ3v) is 6.09. The molecule has 2 atom stereocenters. The first-order valence-corrected chi connectivity index (χ1v) is 11.1. The van der Waals surface area contributed by atoms with Crippen LogP contribution in [0.4, 0.5) is 8.78 Å². The standard InChI is InChI=1S/C24H27ClF2N2O3/c1-15(17-4-7-20(26)21(27)13-17)12-23(31)28-19-8-10-29(11-9-19)24(32)14-22(30)16-2-5-18(25)6-3-16/h2-7,13,15,19,22,30H,8-12,14H2,1H3,(H,28,31). The van der Waals surface area contributed by atoms with Crippen molar-refractivity contribution in [2.45, 2.75) is 50.7 Å². The quantitative estimate of drug-likeness (QED) is 0.640. The summed E-state index contributed by atoms with van der Waals surface area (Å²) in [7, 11) is 0. The second-order valence-corrected chi connectivity index (χ2v) is 8.71. The van der Waals surface area contributed by atoms with Gasteiger partial charge in [0.15, 0.2) is 11.6 Å². The predicted molar refractivity (Wildman–Crippen MR) is 118 cm³/mol. The van der Waals surface area contributed by atoms with Gasteiger partial charge in [-0.05, 0) is 54.2 Å². The number of carbonyl (C=O) groups is 2. The van der Waals surface area contributed by atoms with Crippen LogP contribution in [0.2, 0.25) is 5.02 Å². The van der Waals surface area contributed by atoms with E-state index >= 15 is 0 Å². The Morgan fingerprint density at radius 1 is 1.06 bits per heavy atom. The smallest absolute Gasteiger partial charge is 0.225 e. The van der Waals surface area contributed by atoms with Gasteiger partial charge < -0.3 is 15.3 Å². The van der Waals surface area contributed by atoms with Crippen molar-refractivity contribution in [2.24, 2.45) is 0 Å². The maximum Gasteiger partial charge on any atom is 0.225 e. The van der Waals surface area contributed by atoms with Crippen LogP contribution < -0.4 is 5.32 Å². The lowest BCUT2D eigenvalue weighted by Crippen LogP contribution is -2.46. The molecule has 2 aromatic carbocycles. The molecule has 3 rings (SSSR count). The molecule has 1 heterocycles. The molecule has 0 radical (unpaired) electrons. The number of rotatable bonds is 7. The van der Waals surface area contributed by atoms with Crippen molar-refractivity contribution in [1.29, 1.82) is 0 Å². The SMILES string of the molecule is CC(CC(=O)NC1CCN(C(=O)CC(O)c2ccc(Cl)cc2)CC1)c1ccc(F)c(F)c1. The lowest BCUT2D eigenvalue weighted by atomic mass is 9.96. The van der Waals surface area contributed by atoms with Gasteiger partial charge in [-0.2, -0.15) is 0 Å². The van der Waals surface area contributed by atoms with E-state index < -0.39 is 17.7 Å². The molecule has 0 aliphatic carbocycles. The lowest BCUT2D eigenvalue weighted by molar-refractivity contribution is -0.134. The summed E-state index contributed by atoms with van der Waals surface area (Å²) < 4.78 is 26.5. The Hall–Kier alpha value is -2.51. The summed E-state index contributed by atoms with van der Waals surface area (Å²) in [6.45, 7) is 2.78. The molecule has 8 heteroatoms. The van der Waals surface area contributed by atoms with Crippen LogP contribution in [-0.2, 0) is 9.59 Å². The molecule has 172 valence electrons.